The molecule has 0 spiro atoms. The van der Waals surface area contributed by atoms with Crippen molar-refractivity contribution in [1.82, 2.24) is 9.97 Å². The lowest BCUT2D eigenvalue weighted by Crippen LogP contribution is -2.05. The van der Waals surface area contributed by atoms with Crippen LogP contribution >= 0.6 is 11.3 Å². The average Bonchev–Trinajstić information content (AvgIpc) is 2.59. The van der Waals surface area contributed by atoms with Gasteiger partial charge in [0, 0.05) is 18.0 Å². The Bertz CT molecular complexity index is 563. The van der Waals surface area contributed by atoms with Gasteiger partial charge in [-0.3, -0.25) is 4.79 Å². The summed E-state index contributed by atoms with van der Waals surface area (Å²) in [6, 6.07) is 3.82. The van der Waals surface area contributed by atoms with Gasteiger partial charge >= 0.3 is 0 Å². The first-order valence-corrected chi connectivity index (χ1v) is 6.06. The lowest BCUT2D eigenvalue weighted by atomic mass is 10.3. The van der Waals surface area contributed by atoms with Crippen molar-refractivity contribution in [2.24, 2.45) is 0 Å². The van der Waals surface area contributed by atoms with Crippen LogP contribution in [0.25, 0.3) is 10.6 Å². The van der Waals surface area contributed by atoms with Gasteiger partial charge in [0.15, 0.2) is 0 Å². The number of rotatable bonds is 2. The Labute approximate surface area is 104 Å². The summed E-state index contributed by atoms with van der Waals surface area (Å²) in [5, 5.41) is 2.81. The number of aromatic nitrogens is 2. The molecule has 2 aromatic rings. The standard InChI is InChI=1S/C12H13N3OS/c1-7-11(15-9(3)16)6-12(17-7)10-4-5-13-8(2)14-10/h4-6H,1-3H3,(H,15,16). The molecule has 4 nitrogen and oxygen atoms in total. The molecule has 0 bridgehead atoms. The fourth-order valence-electron chi connectivity index (χ4n) is 1.52. The highest BCUT2D eigenvalue weighted by Crippen LogP contribution is 2.33. The fourth-order valence-corrected chi connectivity index (χ4v) is 2.46. The van der Waals surface area contributed by atoms with Crippen LogP contribution in [0.2, 0.25) is 0 Å². The number of nitrogens with one attached hydrogen (secondary N) is 1. The van der Waals surface area contributed by atoms with Gasteiger partial charge in [-0.2, -0.15) is 0 Å². The average molecular weight is 247 g/mol. The second-order valence-corrected chi connectivity index (χ2v) is 5.01. The van der Waals surface area contributed by atoms with E-state index in [1.165, 1.54) is 6.92 Å². The maximum Gasteiger partial charge on any atom is 0.221 e. The quantitative estimate of drug-likeness (QED) is 0.887. The molecule has 0 aliphatic carbocycles. The summed E-state index contributed by atoms with van der Waals surface area (Å²) in [6.45, 7) is 5.35. The lowest BCUT2D eigenvalue weighted by Gasteiger charge is -1.98. The highest BCUT2D eigenvalue weighted by Gasteiger charge is 2.09. The van der Waals surface area contributed by atoms with Crippen LogP contribution in [0.3, 0.4) is 0 Å². The number of carbonyl (C=O) groups is 1. The van der Waals surface area contributed by atoms with E-state index in [4.69, 9.17) is 0 Å². The van der Waals surface area contributed by atoms with E-state index in [9.17, 15) is 4.79 Å². The van der Waals surface area contributed by atoms with Crippen LogP contribution in [0, 0.1) is 13.8 Å². The summed E-state index contributed by atoms with van der Waals surface area (Å²) >= 11 is 1.61. The van der Waals surface area contributed by atoms with Crippen LogP contribution in [-0.4, -0.2) is 15.9 Å². The Balaban J connectivity index is 2.37. The highest BCUT2D eigenvalue weighted by molar-refractivity contribution is 7.16. The smallest absolute Gasteiger partial charge is 0.221 e. The van der Waals surface area contributed by atoms with Crippen molar-refractivity contribution in [1.29, 1.82) is 0 Å². The fraction of sp³-hybridized carbons (Fsp3) is 0.250. The molecular weight excluding hydrogens is 234 g/mol. The van der Waals surface area contributed by atoms with Crippen molar-refractivity contribution in [3.63, 3.8) is 0 Å². The third kappa shape index (κ3) is 2.68. The van der Waals surface area contributed by atoms with E-state index in [1.54, 1.807) is 17.5 Å². The number of thiophene rings is 1. The SMILES string of the molecule is CC(=O)Nc1cc(-c2ccnc(C)n2)sc1C. The molecule has 0 unspecified atom stereocenters. The van der Waals surface area contributed by atoms with E-state index < -0.39 is 0 Å². The van der Waals surface area contributed by atoms with Gasteiger partial charge in [0.25, 0.3) is 0 Å². The summed E-state index contributed by atoms with van der Waals surface area (Å²) in [7, 11) is 0. The van der Waals surface area contributed by atoms with E-state index in [0.29, 0.717) is 0 Å². The van der Waals surface area contributed by atoms with Gasteiger partial charge in [-0.25, -0.2) is 9.97 Å². The molecule has 0 atom stereocenters. The maximum absolute atomic E-state index is 11.0. The molecular formula is C12H13N3OS. The van der Waals surface area contributed by atoms with Crippen LogP contribution in [0.1, 0.15) is 17.6 Å². The molecule has 2 rings (SSSR count). The van der Waals surface area contributed by atoms with Gasteiger partial charge < -0.3 is 5.32 Å². The molecule has 0 aromatic carbocycles. The van der Waals surface area contributed by atoms with Gasteiger partial charge in [0.1, 0.15) is 5.82 Å². The second kappa shape index (κ2) is 4.63. The van der Waals surface area contributed by atoms with Gasteiger partial charge in [-0.05, 0) is 26.0 Å². The number of hydrogen-bond donors (Lipinski definition) is 1. The topological polar surface area (TPSA) is 54.9 Å². The van der Waals surface area contributed by atoms with Crippen molar-refractivity contribution in [2.75, 3.05) is 5.32 Å². The second-order valence-electron chi connectivity index (χ2n) is 3.75. The minimum atomic E-state index is -0.0590. The molecule has 0 fully saturated rings. The van der Waals surface area contributed by atoms with Crippen molar-refractivity contribution in [2.45, 2.75) is 20.8 Å². The molecule has 0 saturated carbocycles. The Morgan fingerprint density at radius 1 is 1.41 bits per heavy atom. The van der Waals surface area contributed by atoms with Crippen LogP contribution in [-0.2, 0) is 4.79 Å². The summed E-state index contributed by atoms with van der Waals surface area (Å²) in [5.74, 6) is 0.686. The number of hydrogen-bond acceptors (Lipinski definition) is 4. The summed E-state index contributed by atoms with van der Waals surface area (Å²) in [6.07, 6.45) is 1.74. The van der Waals surface area contributed by atoms with Crippen LogP contribution < -0.4 is 5.32 Å². The molecule has 1 N–H and O–H groups in total. The van der Waals surface area contributed by atoms with Crippen LogP contribution in [0.5, 0.6) is 0 Å². The number of anilines is 1. The van der Waals surface area contributed by atoms with Gasteiger partial charge in [-0.1, -0.05) is 0 Å². The zero-order chi connectivity index (χ0) is 12.4. The molecule has 0 radical (unpaired) electrons. The largest absolute Gasteiger partial charge is 0.325 e. The summed E-state index contributed by atoms with van der Waals surface area (Å²) in [4.78, 5) is 21.6. The zero-order valence-electron chi connectivity index (χ0n) is 9.94. The number of aryl methyl sites for hydroxylation is 2. The molecule has 2 aromatic heterocycles. The van der Waals surface area contributed by atoms with E-state index >= 15 is 0 Å². The summed E-state index contributed by atoms with van der Waals surface area (Å²) in [5.41, 5.74) is 1.75. The van der Waals surface area contributed by atoms with Crippen LogP contribution in [0.4, 0.5) is 5.69 Å². The molecule has 0 aliphatic heterocycles. The van der Waals surface area contributed by atoms with Gasteiger partial charge in [0.2, 0.25) is 5.91 Å². The predicted molar refractivity (Wildman–Crippen MR) is 69.1 cm³/mol. The van der Waals surface area contributed by atoms with Gasteiger partial charge in [0.05, 0.1) is 16.3 Å². The van der Waals surface area contributed by atoms with E-state index in [1.807, 2.05) is 26.0 Å². The molecule has 2 heterocycles. The Hall–Kier alpha value is -1.75. The lowest BCUT2D eigenvalue weighted by molar-refractivity contribution is -0.114. The molecule has 5 heteroatoms. The van der Waals surface area contributed by atoms with Gasteiger partial charge in [-0.15, -0.1) is 11.3 Å². The first kappa shape index (κ1) is 11.7. The number of carbonyl (C=O) groups excluding carboxylic acids is 1. The maximum atomic E-state index is 11.0. The minimum absolute atomic E-state index is 0.0590. The molecule has 88 valence electrons. The Morgan fingerprint density at radius 3 is 2.82 bits per heavy atom. The predicted octanol–water partition coefficient (Wildman–Crippen LogP) is 2.78. The Morgan fingerprint density at radius 2 is 2.18 bits per heavy atom. The first-order valence-electron chi connectivity index (χ1n) is 5.24. The number of amides is 1. The molecule has 0 saturated heterocycles. The zero-order valence-corrected chi connectivity index (χ0v) is 10.8. The monoisotopic (exact) mass is 247 g/mol. The van der Waals surface area contributed by atoms with E-state index in [-0.39, 0.29) is 5.91 Å². The third-order valence-corrected chi connectivity index (χ3v) is 3.33. The van der Waals surface area contributed by atoms with Crippen LogP contribution in [0.15, 0.2) is 18.3 Å². The molecule has 1 amide bonds. The van der Waals surface area contributed by atoms with Crippen molar-refractivity contribution >= 4 is 22.9 Å². The van der Waals surface area contributed by atoms with E-state index in [2.05, 4.69) is 15.3 Å². The Kier molecular flexibility index (Phi) is 3.19. The molecule has 17 heavy (non-hydrogen) atoms. The van der Waals surface area contributed by atoms with Crippen molar-refractivity contribution in [3.05, 3.63) is 29.0 Å². The highest BCUT2D eigenvalue weighted by atomic mass is 32.1. The first-order chi connectivity index (χ1) is 8.06. The third-order valence-electron chi connectivity index (χ3n) is 2.26. The summed E-state index contributed by atoms with van der Waals surface area (Å²) < 4.78 is 0. The van der Waals surface area contributed by atoms with E-state index in [0.717, 1.165) is 27.0 Å². The van der Waals surface area contributed by atoms with Crippen molar-refractivity contribution < 1.29 is 4.79 Å². The number of nitrogens with zero attached hydrogens (tertiary/aromatic N) is 2. The molecule has 0 aliphatic rings. The van der Waals surface area contributed by atoms with Crippen molar-refractivity contribution in [3.8, 4) is 10.6 Å². The minimum Gasteiger partial charge on any atom is -0.325 e. The normalized spacial score (nSPS) is 10.3.